The summed E-state index contributed by atoms with van der Waals surface area (Å²) in [6.45, 7) is 11.0. The van der Waals surface area contributed by atoms with E-state index in [1.54, 1.807) is 23.3 Å². The Labute approximate surface area is 251 Å². The van der Waals surface area contributed by atoms with E-state index < -0.39 is 6.10 Å². The Balaban J connectivity index is 0.00000147. The highest BCUT2D eigenvalue weighted by Gasteiger charge is 2.16. The number of nitrogens with one attached hydrogen (secondary N) is 2. The van der Waals surface area contributed by atoms with Crippen LogP contribution in [0.25, 0.3) is 21.0 Å². The molecule has 1 aromatic heterocycles. The number of anilines is 1. The number of ether oxygens (including phenoxy) is 1. The fourth-order valence-electron chi connectivity index (χ4n) is 3.80. The molecule has 218 valence electrons. The fourth-order valence-corrected chi connectivity index (χ4v) is 5.72. The van der Waals surface area contributed by atoms with Gasteiger partial charge in [0.1, 0.15) is 10.8 Å². The third-order valence-corrected chi connectivity index (χ3v) is 7.90. The van der Waals surface area contributed by atoms with Gasteiger partial charge in [-0.15, -0.1) is 11.3 Å². The molecule has 1 amide bonds. The van der Waals surface area contributed by atoms with E-state index in [0.29, 0.717) is 13.0 Å². The third kappa shape index (κ3) is 10.8. The summed E-state index contributed by atoms with van der Waals surface area (Å²) in [5, 5.41) is 14.9. The van der Waals surface area contributed by atoms with E-state index in [4.69, 9.17) is 14.5 Å². The van der Waals surface area contributed by atoms with Gasteiger partial charge in [0.15, 0.2) is 0 Å². The number of nitrogens with two attached hydrogens (primary N) is 1. The summed E-state index contributed by atoms with van der Waals surface area (Å²) in [5.74, 6) is 0.865. The molecule has 41 heavy (non-hydrogen) atoms. The van der Waals surface area contributed by atoms with E-state index in [-0.39, 0.29) is 18.1 Å². The zero-order chi connectivity index (χ0) is 29.8. The minimum Gasteiger partial charge on any atom is -0.491 e. The molecule has 4 aromatic rings. The molecule has 0 aliphatic rings. The van der Waals surface area contributed by atoms with E-state index in [2.05, 4.69) is 66.9 Å². The van der Waals surface area contributed by atoms with Crippen LogP contribution in [0.1, 0.15) is 40.2 Å². The maximum atomic E-state index is 10.6. The molecule has 5 N–H and O–H groups in total. The van der Waals surface area contributed by atoms with Crippen LogP contribution in [0.5, 0.6) is 5.75 Å². The number of thiazole rings is 1. The Hall–Kier alpha value is -3.37. The largest absolute Gasteiger partial charge is 0.491 e. The lowest BCUT2D eigenvalue weighted by atomic mass is 10.1. The van der Waals surface area contributed by atoms with Crippen LogP contribution < -0.4 is 20.5 Å². The normalized spacial score (nSPS) is 11.9. The predicted molar refractivity (Wildman–Crippen MR) is 172 cm³/mol. The molecule has 0 saturated carbocycles. The van der Waals surface area contributed by atoms with Crippen molar-refractivity contribution in [1.29, 1.82) is 0 Å². The lowest BCUT2D eigenvalue weighted by molar-refractivity contribution is -0.106. The van der Waals surface area contributed by atoms with Crippen molar-refractivity contribution in [1.82, 2.24) is 9.71 Å². The van der Waals surface area contributed by atoms with Gasteiger partial charge in [0.25, 0.3) is 0 Å². The number of aromatic nitrogens is 1. The van der Waals surface area contributed by atoms with Gasteiger partial charge in [0.05, 0.1) is 17.1 Å². The zero-order valence-corrected chi connectivity index (χ0v) is 25.9. The Morgan fingerprint density at radius 2 is 1.76 bits per heavy atom. The number of nitrogens with zero attached hydrogens (tertiary/aromatic N) is 1. The Bertz CT molecular complexity index is 1350. The molecule has 1 unspecified atom stereocenters. The fraction of sp³-hybridized carbons (Fsp3) is 0.312. The van der Waals surface area contributed by atoms with Crippen LogP contribution in [0.15, 0.2) is 83.9 Å². The Morgan fingerprint density at radius 1 is 1.07 bits per heavy atom. The van der Waals surface area contributed by atoms with Crippen LogP contribution >= 0.6 is 23.3 Å². The molecule has 0 saturated heterocycles. The van der Waals surface area contributed by atoms with Gasteiger partial charge in [-0.1, -0.05) is 36.4 Å². The molecule has 0 aliphatic carbocycles. The van der Waals surface area contributed by atoms with Crippen molar-refractivity contribution >= 4 is 35.4 Å². The summed E-state index contributed by atoms with van der Waals surface area (Å²) in [6, 6.07) is 24.5. The lowest BCUT2D eigenvalue weighted by Gasteiger charge is -2.21. The number of benzene rings is 3. The van der Waals surface area contributed by atoms with Crippen LogP contribution in [0.4, 0.5) is 5.69 Å². The maximum absolute atomic E-state index is 10.6. The average Bonchev–Trinajstić information content (AvgIpc) is 3.42. The molecular weight excluding hydrogens is 553 g/mol. The van der Waals surface area contributed by atoms with Gasteiger partial charge < -0.3 is 20.9 Å². The molecule has 0 aliphatic heterocycles. The number of aliphatic hydroxyl groups is 1. The second kappa shape index (κ2) is 15.6. The van der Waals surface area contributed by atoms with Gasteiger partial charge in [0.2, 0.25) is 6.41 Å². The van der Waals surface area contributed by atoms with E-state index in [9.17, 15) is 5.11 Å². The number of rotatable bonds is 11. The first-order valence-electron chi connectivity index (χ1n) is 13.5. The van der Waals surface area contributed by atoms with Crippen molar-refractivity contribution in [3.63, 3.8) is 0 Å². The Morgan fingerprint density at radius 3 is 2.39 bits per heavy atom. The van der Waals surface area contributed by atoms with E-state index in [1.807, 2.05) is 62.5 Å². The molecule has 3 aromatic carbocycles. The standard InChI is InChI=1S/C31H37N3O2S2.CH3NO/c1-21(2)36-26-14-11-23(12-15-26)30-33-20-29(37-30)27-16-13-24(18-28(27)38-34-31(3,4)5)32-19-25(35)17-22-9-7-6-8-10-22;2-1-3/h6-16,18,20-21,25,32,34-35H,17,19H2,1-5H3;1H,(H2,2,3). The third-order valence-electron chi connectivity index (χ3n) is 5.55. The molecule has 0 bridgehead atoms. The highest BCUT2D eigenvalue weighted by atomic mass is 32.2. The molecule has 4 rings (SSSR count). The van der Waals surface area contributed by atoms with Crippen LogP contribution in [0.2, 0.25) is 0 Å². The minimum absolute atomic E-state index is 0.0457. The first-order chi connectivity index (χ1) is 19.6. The molecule has 1 atom stereocenters. The van der Waals surface area contributed by atoms with Gasteiger partial charge in [-0.2, -0.15) is 0 Å². The first kappa shape index (κ1) is 32.1. The number of amides is 1. The molecule has 0 fully saturated rings. The molecule has 7 nitrogen and oxygen atoms in total. The maximum Gasteiger partial charge on any atom is 0.204 e. The monoisotopic (exact) mass is 592 g/mol. The second-order valence-corrected chi connectivity index (χ2v) is 12.6. The zero-order valence-electron chi connectivity index (χ0n) is 24.3. The topological polar surface area (TPSA) is 110 Å². The summed E-state index contributed by atoms with van der Waals surface area (Å²) in [6.07, 6.45) is 2.50. The van der Waals surface area contributed by atoms with Crippen LogP contribution in [0, 0.1) is 0 Å². The molecule has 0 radical (unpaired) electrons. The number of primary amides is 1. The van der Waals surface area contributed by atoms with Gasteiger partial charge in [0, 0.05) is 46.4 Å². The molecular formula is C32H40N4O3S2. The smallest absolute Gasteiger partial charge is 0.204 e. The summed E-state index contributed by atoms with van der Waals surface area (Å²) >= 11 is 3.30. The van der Waals surface area contributed by atoms with Crippen LogP contribution in [-0.4, -0.2) is 40.8 Å². The molecule has 1 heterocycles. The SMILES string of the molecule is CC(C)Oc1ccc(-c2ncc(-c3ccc(NCC(O)Cc4ccccc4)cc3SNC(C)(C)C)s2)cc1.NC=O. The van der Waals surface area contributed by atoms with Gasteiger partial charge in [-0.3, -0.25) is 9.52 Å². The summed E-state index contributed by atoms with van der Waals surface area (Å²) in [5.41, 5.74) is 8.43. The minimum atomic E-state index is -0.470. The number of carbonyl (C=O) groups excluding carboxylic acids is 1. The number of aliphatic hydroxyl groups excluding tert-OH is 1. The van der Waals surface area contributed by atoms with Crippen molar-refractivity contribution in [2.45, 2.75) is 63.7 Å². The quantitative estimate of drug-likeness (QED) is 0.112. The Kier molecular flexibility index (Phi) is 12.2. The van der Waals surface area contributed by atoms with Crippen molar-refractivity contribution < 1.29 is 14.6 Å². The van der Waals surface area contributed by atoms with Crippen LogP contribution in [0.3, 0.4) is 0 Å². The van der Waals surface area contributed by atoms with E-state index in [1.165, 1.54) is 0 Å². The first-order valence-corrected chi connectivity index (χ1v) is 15.1. The van der Waals surface area contributed by atoms with Crippen molar-refractivity contribution in [2.75, 3.05) is 11.9 Å². The second-order valence-electron chi connectivity index (χ2n) is 10.7. The van der Waals surface area contributed by atoms with Crippen molar-refractivity contribution in [3.8, 4) is 26.8 Å². The molecule has 0 spiro atoms. The van der Waals surface area contributed by atoms with Gasteiger partial charge >= 0.3 is 0 Å². The molecule has 9 heteroatoms. The van der Waals surface area contributed by atoms with Gasteiger partial charge in [-0.25, -0.2) is 4.98 Å². The number of carbonyl (C=O) groups is 1. The highest BCUT2D eigenvalue weighted by Crippen LogP contribution is 2.39. The summed E-state index contributed by atoms with van der Waals surface area (Å²) in [4.78, 5) is 15.5. The number of hydrogen-bond donors (Lipinski definition) is 4. The van der Waals surface area contributed by atoms with Crippen molar-refractivity contribution in [3.05, 3.63) is 84.6 Å². The van der Waals surface area contributed by atoms with Crippen molar-refractivity contribution in [2.24, 2.45) is 5.73 Å². The average molecular weight is 593 g/mol. The van der Waals surface area contributed by atoms with Crippen LogP contribution in [-0.2, 0) is 11.2 Å². The number of hydrogen-bond acceptors (Lipinski definition) is 8. The summed E-state index contributed by atoms with van der Waals surface area (Å²) in [7, 11) is 0. The van der Waals surface area contributed by atoms with Gasteiger partial charge in [-0.05, 0) is 88.5 Å². The van der Waals surface area contributed by atoms with E-state index >= 15 is 0 Å². The highest BCUT2D eigenvalue weighted by molar-refractivity contribution is 7.97. The summed E-state index contributed by atoms with van der Waals surface area (Å²) < 4.78 is 9.32. The lowest BCUT2D eigenvalue weighted by Crippen LogP contribution is -2.29. The van der Waals surface area contributed by atoms with E-state index in [0.717, 1.165) is 42.9 Å². The predicted octanol–water partition coefficient (Wildman–Crippen LogP) is 6.78.